The van der Waals surface area contributed by atoms with Gasteiger partial charge in [-0.1, -0.05) is 35.5 Å². The first-order chi connectivity index (χ1) is 8.67. The van der Waals surface area contributed by atoms with Gasteiger partial charge >= 0.3 is 0 Å². The molecule has 0 spiro atoms. The van der Waals surface area contributed by atoms with E-state index in [0.717, 1.165) is 5.56 Å². The average molecular weight is 282 g/mol. The molecule has 0 saturated carbocycles. The molecule has 18 heavy (non-hydrogen) atoms. The van der Waals surface area contributed by atoms with Gasteiger partial charge in [0, 0.05) is 12.6 Å². The number of thioether (sulfide) groups is 1. The number of benzene rings is 1. The van der Waals surface area contributed by atoms with Crippen molar-refractivity contribution in [2.75, 3.05) is 11.6 Å². The highest BCUT2D eigenvalue weighted by atomic mass is 35.5. The van der Waals surface area contributed by atoms with Crippen molar-refractivity contribution in [2.24, 2.45) is 0 Å². The van der Waals surface area contributed by atoms with Crippen LogP contribution in [0.4, 0.5) is 5.82 Å². The molecule has 0 bridgehead atoms. The molecular formula is C12H12ClN3OS. The molecule has 0 atom stereocenters. The molecule has 2 aromatic rings. The van der Waals surface area contributed by atoms with Gasteiger partial charge in [0.15, 0.2) is 5.16 Å². The number of anilines is 1. The van der Waals surface area contributed by atoms with Crippen molar-refractivity contribution in [2.45, 2.75) is 11.7 Å². The van der Waals surface area contributed by atoms with E-state index >= 15 is 0 Å². The summed E-state index contributed by atoms with van der Waals surface area (Å²) in [6.07, 6.45) is 1.90. The van der Waals surface area contributed by atoms with Crippen LogP contribution in [0.2, 0.25) is 5.15 Å². The minimum atomic E-state index is 0.258. The Balaban J connectivity index is 2.05. The summed E-state index contributed by atoms with van der Waals surface area (Å²) in [5.41, 5.74) is 1.05. The maximum absolute atomic E-state index is 9.19. The van der Waals surface area contributed by atoms with Gasteiger partial charge in [-0.15, -0.1) is 0 Å². The maximum Gasteiger partial charge on any atom is 0.190 e. The Bertz CT molecular complexity index is 533. The lowest BCUT2D eigenvalue weighted by atomic mass is 10.2. The second kappa shape index (κ2) is 5.93. The summed E-state index contributed by atoms with van der Waals surface area (Å²) in [6.45, 7) is 0.613. The zero-order chi connectivity index (χ0) is 13.0. The Labute approximate surface area is 114 Å². The minimum Gasteiger partial charge on any atom is -0.508 e. The second-order valence-electron chi connectivity index (χ2n) is 3.58. The number of aromatic hydroxyl groups is 1. The molecule has 0 amide bonds. The molecule has 1 aromatic heterocycles. The Morgan fingerprint density at radius 1 is 1.28 bits per heavy atom. The lowest BCUT2D eigenvalue weighted by Gasteiger charge is -2.07. The van der Waals surface area contributed by atoms with E-state index in [1.165, 1.54) is 11.8 Å². The quantitative estimate of drug-likeness (QED) is 0.512. The molecule has 0 fully saturated rings. The fourth-order valence-corrected chi connectivity index (χ4v) is 2.00. The van der Waals surface area contributed by atoms with Crippen molar-refractivity contribution in [3.8, 4) is 5.75 Å². The van der Waals surface area contributed by atoms with Crippen LogP contribution in [-0.2, 0) is 6.54 Å². The Kier molecular flexibility index (Phi) is 4.28. The van der Waals surface area contributed by atoms with Gasteiger partial charge in [0.2, 0.25) is 0 Å². The molecule has 0 aliphatic rings. The zero-order valence-corrected chi connectivity index (χ0v) is 11.3. The van der Waals surface area contributed by atoms with Crippen molar-refractivity contribution in [3.05, 3.63) is 41.0 Å². The van der Waals surface area contributed by atoms with E-state index in [4.69, 9.17) is 11.6 Å². The van der Waals surface area contributed by atoms with Gasteiger partial charge in [0.25, 0.3) is 0 Å². The molecule has 1 heterocycles. The number of phenolic OH excluding ortho intramolecular Hbond substituents is 1. The van der Waals surface area contributed by atoms with Gasteiger partial charge in [0.1, 0.15) is 16.7 Å². The molecule has 94 valence electrons. The van der Waals surface area contributed by atoms with Crippen LogP contribution in [0.25, 0.3) is 0 Å². The van der Waals surface area contributed by atoms with E-state index in [1.54, 1.807) is 18.2 Å². The Hall–Kier alpha value is -1.46. The number of rotatable bonds is 4. The van der Waals surface area contributed by atoms with Crippen molar-refractivity contribution in [3.63, 3.8) is 0 Å². The van der Waals surface area contributed by atoms with Gasteiger partial charge < -0.3 is 10.4 Å². The van der Waals surface area contributed by atoms with Crippen LogP contribution in [0.1, 0.15) is 5.56 Å². The van der Waals surface area contributed by atoms with E-state index in [-0.39, 0.29) is 5.75 Å². The first-order valence-electron chi connectivity index (χ1n) is 5.28. The van der Waals surface area contributed by atoms with Gasteiger partial charge in [-0.05, 0) is 24.0 Å². The highest BCUT2D eigenvalue weighted by Crippen LogP contribution is 2.18. The summed E-state index contributed by atoms with van der Waals surface area (Å²) in [5, 5.41) is 13.4. The molecule has 2 N–H and O–H groups in total. The van der Waals surface area contributed by atoms with Crippen molar-refractivity contribution < 1.29 is 5.11 Å². The van der Waals surface area contributed by atoms with Crippen LogP contribution in [0, 0.1) is 0 Å². The van der Waals surface area contributed by atoms with Gasteiger partial charge in [0.05, 0.1) is 0 Å². The third-order valence-electron chi connectivity index (χ3n) is 2.27. The minimum absolute atomic E-state index is 0.258. The van der Waals surface area contributed by atoms with Crippen LogP contribution in [0.5, 0.6) is 5.75 Å². The molecule has 0 aliphatic heterocycles. The van der Waals surface area contributed by atoms with Crippen LogP contribution in [-0.4, -0.2) is 21.3 Å². The van der Waals surface area contributed by atoms with Crippen molar-refractivity contribution >= 4 is 29.2 Å². The average Bonchev–Trinajstić information content (AvgIpc) is 2.37. The standard InChI is InChI=1S/C12H12ClN3OS/c1-18-12-15-10(13)6-11(16-12)14-7-8-2-4-9(17)5-3-8/h2-6,17H,7H2,1H3,(H,14,15,16). The molecular weight excluding hydrogens is 270 g/mol. The fraction of sp³-hybridized carbons (Fsp3) is 0.167. The van der Waals surface area contributed by atoms with E-state index < -0.39 is 0 Å². The largest absolute Gasteiger partial charge is 0.508 e. The van der Waals surface area contributed by atoms with Crippen molar-refractivity contribution in [1.29, 1.82) is 0 Å². The zero-order valence-electron chi connectivity index (χ0n) is 9.72. The maximum atomic E-state index is 9.19. The Morgan fingerprint density at radius 3 is 2.67 bits per heavy atom. The van der Waals surface area contributed by atoms with Gasteiger partial charge in [-0.3, -0.25) is 0 Å². The third kappa shape index (κ3) is 3.51. The number of halogens is 1. The highest BCUT2D eigenvalue weighted by molar-refractivity contribution is 7.98. The summed E-state index contributed by atoms with van der Waals surface area (Å²) < 4.78 is 0. The molecule has 4 nitrogen and oxygen atoms in total. The highest BCUT2D eigenvalue weighted by Gasteiger charge is 2.02. The molecule has 0 unspecified atom stereocenters. The monoisotopic (exact) mass is 281 g/mol. The summed E-state index contributed by atoms with van der Waals surface area (Å²) in [5.74, 6) is 0.945. The lowest BCUT2D eigenvalue weighted by molar-refractivity contribution is 0.475. The summed E-state index contributed by atoms with van der Waals surface area (Å²) in [7, 11) is 0. The van der Waals surface area contributed by atoms with Gasteiger partial charge in [-0.2, -0.15) is 0 Å². The SMILES string of the molecule is CSc1nc(Cl)cc(NCc2ccc(O)cc2)n1. The number of phenols is 1. The number of nitrogens with one attached hydrogen (secondary N) is 1. The number of hydrogen-bond acceptors (Lipinski definition) is 5. The van der Waals surface area contributed by atoms with Gasteiger partial charge in [-0.25, -0.2) is 9.97 Å². The van der Waals surface area contributed by atoms with E-state index in [1.807, 2.05) is 18.4 Å². The summed E-state index contributed by atoms with van der Waals surface area (Å²) >= 11 is 7.33. The van der Waals surface area contributed by atoms with Crippen molar-refractivity contribution in [1.82, 2.24) is 9.97 Å². The van der Waals surface area contributed by atoms with E-state index in [0.29, 0.717) is 22.7 Å². The first-order valence-corrected chi connectivity index (χ1v) is 6.88. The molecule has 0 aliphatic carbocycles. The first kappa shape index (κ1) is 13.0. The predicted molar refractivity (Wildman–Crippen MR) is 74.3 cm³/mol. The topological polar surface area (TPSA) is 58.0 Å². The molecule has 2 rings (SSSR count). The molecule has 0 saturated heterocycles. The summed E-state index contributed by atoms with van der Waals surface area (Å²) in [6, 6.07) is 8.68. The van der Waals surface area contributed by atoms with Crippen LogP contribution < -0.4 is 5.32 Å². The second-order valence-corrected chi connectivity index (χ2v) is 4.74. The smallest absolute Gasteiger partial charge is 0.190 e. The molecule has 0 radical (unpaired) electrons. The number of hydrogen-bond donors (Lipinski definition) is 2. The third-order valence-corrected chi connectivity index (χ3v) is 3.01. The number of nitrogens with zero attached hydrogens (tertiary/aromatic N) is 2. The lowest BCUT2D eigenvalue weighted by Crippen LogP contribution is -2.02. The Morgan fingerprint density at radius 2 is 2.00 bits per heavy atom. The summed E-state index contributed by atoms with van der Waals surface area (Å²) in [4.78, 5) is 8.35. The molecule has 1 aromatic carbocycles. The van der Waals surface area contributed by atoms with Crippen LogP contribution in [0.3, 0.4) is 0 Å². The van der Waals surface area contributed by atoms with Crippen LogP contribution in [0.15, 0.2) is 35.5 Å². The predicted octanol–water partition coefficient (Wildman–Crippen LogP) is 3.17. The number of aromatic nitrogens is 2. The van der Waals surface area contributed by atoms with Crippen LogP contribution >= 0.6 is 23.4 Å². The molecule has 6 heteroatoms. The fourth-order valence-electron chi connectivity index (χ4n) is 1.39. The van der Waals surface area contributed by atoms with E-state index in [2.05, 4.69) is 15.3 Å². The van der Waals surface area contributed by atoms with E-state index in [9.17, 15) is 5.11 Å². The normalized spacial score (nSPS) is 10.3.